The summed E-state index contributed by atoms with van der Waals surface area (Å²) >= 11 is 0. The van der Waals surface area contributed by atoms with Gasteiger partial charge in [0.1, 0.15) is 0 Å². The molecular weight excluding hydrogens is 194 g/mol. The van der Waals surface area contributed by atoms with Crippen LogP contribution in [-0.4, -0.2) is 53.2 Å². The molecule has 0 rings (SSSR count). The summed E-state index contributed by atoms with van der Waals surface area (Å²) < 4.78 is 15.7. The van der Waals surface area contributed by atoms with Crippen molar-refractivity contribution in [3.63, 3.8) is 0 Å². The van der Waals surface area contributed by atoms with Gasteiger partial charge in [-0.3, -0.25) is 0 Å². The lowest BCUT2D eigenvalue weighted by Crippen LogP contribution is -2.16. The Bertz CT molecular complexity index is 122. The number of methoxy groups -OCH3 is 1. The molecule has 4 nitrogen and oxygen atoms in total. The molecule has 15 heavy (non-hydrogen) atoms. The topological polar surface area (TPSA) is 39.7 Å². The lowest BCUT2D eigenvalue weighted by Gasteiger charge is -2.12. The van der Waals surface area contributed by atoms with E-state index in [1.165, 1.54) is 0 Å². The first-order valence-electron chi connectivity index (χ1n) is 5.64. The van der Waals surface area contributed by atoms with E-state index in [1.54, 1.807) is 7.11 Å². The first kappa shape index (κ1) is 14.8. The van der Waals surface area contributed by atoms with Crippen LogP contribution in [-0.2, 0) is 14.2 Å². The van der Waals surface area contributed by atoms with Gasteiger partial charge in [0.05, 0.1) is 32.5 Å². The fraction of sp³-hybridized carbons (Fsp3) is 1.00. The normalized spacial score (nSPS) is 13.0. The van der Waals surface area contributed by atoms with Crippen LogP contribution in [0.25, 0.3) is 0 Å². The summed E-state index contributed by atoms with van der Waals surface area (Å²) in [5, 5.41) is 3.12. The highest BCUT2D eigenvalue weighted by molar-refractivity contribution is 4.52. The molecule has 0 saturated carbocycles. The van der Waals surface area contributed by atoms with E-state index in [0.29, 0.717) is 32.5 Å². The lowest BCUT2D eigenvalue weighted by atomic mass is 10.2. The van der Waals surface area contributed by atoms with Crippen molar-refractivity contribution in [2.75, 3.05) is 47.1 Å². The number of nitrogens with one attached hydrogen (secondary N) is 1. The molecule has 92 valence electrons. The Morgan fingerprint density at radius 1 is 1.13 bits per heavy atom. The van der Waals surface area contributed by atoms with Gasteiger partial charge in [0.15, 0.2) is 0 Å². The van der Waals surface area contributed by atoms with Gasteiger partial charge < -0.3 is 19.5 Å². The van der Waals surface area contributed by atoms with Crippen LogP contribution in [0.4, 0.5) is 0 Å². The summed E-state index contributed by atoms with van der Waals surface area (Å²) in [5.74, 6) is 0. The van der Waals surface area contributed by atoms with Crippen molar-refractivity contribution in [2.45, 2.75) is 25.9 Å². The van der Waals surface area contributed by atoms with E-state index in [9.17, 15) is 0 Å². The van der Waals surface area contributed by atoms with Gasteiger partial charge in [0.2, 0.25) is 0 Å². The Morgan fingerprint density at radius 2 is 1.87 bits per heavy atom. The van der Waals surface area contributed by atoms with Gasteiger partial charge in [-0.1, -0.05) is 0 Å². The zero-order valence-corrected chi connectivity index (χ0v) is 10.3. The molecule has 0 aliphatic rings. The third-order valence-electron chi connectivity index (χ3n) is 2.10. The van der Waals surface area contributed by atoms with Crippen LogP contribution in [0.3, 0.4) is 0 Å². The Kier molecular flexibility index (Phi) is 11.8. The standard InChI is InChI=1S/C11H25NO3/c1-11(5-4-6-12-2)15-10-9-14-8-7-13-3/h11-12H,4-10H2,1-3H3. The van der Waals surface area contributed by atoms with Crippen molar-refractivity contribution >= 4 is 0 Å². The zero-order chi connectivity index (χ0) is 11.4. The van der Waals surface area contributed by atoms with Crippen molar-refractivity contribution in [3.8, 4) is 0 Å². The fourth-order valence-corrected chi connectivity index (χ4v) is 1.20. The molecule has 1 N–H and O–H groups in total. The molecule has 1 unspecified atom stereocenters. The lowest BCUT2D eigenvalue weighted by molar-refractivity contribution is -0.00315. The van der Waals surface area contributed by atoms with E-state index >= 15 is 0 Å². The Balaban J connectivity index is 3.06. The highest BCUT2D eigenvalue weighted by atomic mass is 16.5. The maximum absolute atomic E-state index is 5.58. The average molecular weight is 219 g/mol. The molecule has 0 aliphatic heterocycles. The molecule has 0 aromatic heterocycles. The van der Waals surface area contributed by atoms with Crippen LogP contribution in [0.2, 0.25) is 0 Å². The molecule has 0 amide bonds. The van der Waals surface area contributed by atoms with Crippen LogP contribution in [0.15, 0.2) is 0 Å². The average Bonchev–Trinajstić information content (AvgIpc) is 2.23. The molecule has 0 radical (unpaired) electrons. The molecule has 0 spiro atoms. The summed E-state index contributed by atoms with van der Waals surface area (Å²) in [7, 11) is 3.64. The molecule has 0 saturated heterocycles. The Hall–Kier alpha value is -0.160. The largest absolute Gasteiger partial charge is 0.382 e. The minimum atomic E-state index is 0.323. The highest BCUT2D eigenvalue weighted by Crippen LogP contribution is 2.00. The van der Waals surface area contributed by atoms with Gasteiger partial charge in [-0.15, -0.1) is 0 Å². The fourth-order valence-electron chi connectivity index (χ4n) is 1.20. The van der Waals surface area contributed by atoms with Gasteiger partial charge in [-0.05, 0) is 33.4 Å². The molecular formula is C11H25NO3. The van der Waals surface area contributed by atoms with Crippen LogP contribution in [0.1, 0.15) is 19.8 Å². The first-order valence-corrected chi connectivity index (χ1v) is 5.64. The minimum Gasteiger partial charge on any atom is -0.382 e. The smallest absolute Gasteiger partial charge is 0.0704 e. The van der Waals surface area contributed by atoms with E-state index in [0.717, 1.165) is 19.4 Å². The summed E-state index contributed by atoms with van der Waals surface area (Å²) in [6, 6.07) is 0. The van der Waals surface area contributed by atoms with Crippen molar-refractivity contribution in [2.24, 2.45) is 0 Å². The predicted octanol–water partition coefficient (Wildman–Crippen LogP) is 1.05. The highest BCUT2D eigenvalue weighted by Gasteiger charge is 2.00. The summed E-state index contributed by atoms with van der Waals surface area (Å²) in [6.07, 6.45) is 2.57. The van der Waals surface area contributed by atoms with Crippen LogP contribution in [0.5, 0.6) is 0 Å². The number of hydrogen-bond donors (Lipinski definition) is 1. The number of hydrogen-bond acceptors (Lipinski definition) is 4. The molecule has 0 aromatic rings. The molecule has 4 heteroatoms. The van der Waals surface area contributed by atoms with Crippen molar-refractivity contribution in [3.05, 3.63) is 0 Å². The number of ether oxygens (including phenoxy) is 3. The maximum Gasteiger partial charge on any atom is 0.0704 e. The van der Waals surface area contributed by atoms with Crippen molar-refractivity contribution < 1.29 is 14.2 Å². The molecule has 1 atom stereocenters. The minimum absolute atomic E-state index is 0.323. The Morgan fingerprint density at radius 3 is 2.53 bits per heavy atom. The second-order valence-electron chi connectivity index (χ2n) is 3.53. The third kappa shape index (κ3) is 11.8. The third-order valence-corrected chi connectivity index (χ3v) is 2.10. The van der Waals surface area contributed by atoms with Gasteiger partial charge in [-0.25, -0.2) is 0 Å². The van der Waals surface area contributed by atoms with E-state index in [4.69, 9.17) is 14.2 Å². The summed E-state index contributed by atoms with van der Waals surface area (Å²) in [5.41, 5.74) is 0. The molecule has 0 aromatic carbocycles. The van der Waals surface area contributed by atoms with Gasteiger partial charge in [0.25, 0.3) is 0 Å². The van der Waals surface area contributed by atoms with E-state index in [-0.39, 0.29) is 0 Å². The van der Waals surface area contributed by atoms with E-state index in [1.807, 2.05) is 7.05 Å². The number of rotatable bonds is 11. The maximum atomic E-state index is 5.58. The first-order chi connectivity index (χ1) is 7.31. The molecule has 0 heterocycles. The molecule has 0 aliphatic carbocycles. The Labute approximate surface area is 93.3 Å². The summed E-state index contributed by atoms with van der Waals surface area (Å²) in [4.78, 5) is 0. The van der Waals surface area contributed by atoms with Crippen LogP contribution < -0.4 is 5.32 Å². The van der Waals surface area contributed by atoms with Crippen LogP contribution >= 0.6 is 0 Å². The predicted molar refractivity (Wildman–Crippen MR) is 61.3 cm³/mol. The van der Waals surface area contributed by atoms with E-state index < -0.39 is 0 Å². The van der Waals surface area contributed by atoms with Gasteiger partial charge in [-0.2, -0.15) is 0 Å². The van der Waals surface area contributed by atoms with Gasteiger partial charge in [0, 0.05) is 7.11 Å². The van der Waals surface area contributed by atoms with Gasteiger partial charge >= 0.3 is 0 Å². The SMILES string of the molecule is CNCCCC(C)OCCOCCOC. The van der Waals surface area contributed by atoms with Crippen molar-refractivity contribution in [1.82, 2.24) is 5.32 Å². The second-order valence-corrected chi connectivity index (χ2v) is 3.53. The second kappa shape index (κ2) is 11.9. The molecule has 0 fully saturated rings. The monoisotopic (exact) mass is 219 g/mol. The zero-order valence-electron chi connectivity index (χ0n) is 10.3. The quantitative estimate of drug-likeness (QED) is 0.527. The summed E-state index contributed by atoms with van der Waals surface area (Å²) in [6.45, 7) is 5.78. The van der Waals surface area contributed by atoms with Crippen molar-refractivity contribution in [1.29, 1.82) is 0 Å². The van der Waals surface area contributed by atoms with Crippen LogP contribution in [0, 0.1) is 0 Å². The molecule has 0 bridgehead atoms. The van der Waals surface area contributed by atoms with E-state index in [2.05, 4.69) is 12.2 Å².